The average Bonchev–Trinajstić information content (AvgIpc) is 2.20. The summed E-state index contributed by atoms with van der Waals surface area (Å²) in [5, 5.41) is 0. The number of hydrogen-bond donors (Lipinski definition) is 1. The van der Waals surface area contributed by atoms with Crippen LogP contribution in [0.15, 0.2) is 52.3 Å². The standard InChI is InChI=1S/C13H12FNS/c1-9-6-10(15)8-11(7-9)16-13-5-3-2-4-12(13)14/h2-8H,15H2,1H3. The van der Waals surface area contributed by atoms with E-state index < -0.39 is 0 Å². The van der Waals surface area contributed by atoms with Crippen LogP contribution in [-0.2, 0) is 0 Å². The number of anilines is 1. The fraction of sp³-hybridized carbons (Fsp3) is 0.0769. The molecule has 3 heteroatoms. The van der Waals surface area contributed by atoms with Gasteiger partial charge in [-0.05, 0) is 42.8 Å². The second kappa shape index (κ2) is 4.58. The molecular weight excluding hydrogens is 221 g/mol. The zero-order valence-electron chi connectivity index (χ0n) is 8.91. The number of nitrogens with two attached hydrogens (primary N) is 1. The Morgan fingerprint density at radius 2 is 1.88 bits per heavy atom. The molecule has 0 saturated heterocycles. The van der Waals surface area contributed by atoms with Gasteiger partial charge in [0.1, 0.15) is 5.82 Å². The topological polar surface area (TPSA) is 26.0 Å². The predicted molar refractivity (Wildman–Crippen MR) is 66.1 cm³/mol. The van der Waals surface area contributed by atoms with Gasteiger partial charge in [-0.3, -0.25) is 0 Å². The van der Waals surface area contributed by atoms with Crippen LogP contribution in [0, 0.1) is 12.7 Å². The van der Waals surface area contributed by atoms with Crippen molar-refractivity contribution in [2.24, 2.45) is 0 Å². The molecule has 0 aliphatic carbocycles. The number of rotatable bonds is 2. The molecule has 0 unspecified atom stereocenters. The van der Waals surface area contributed by atoms with Gasteiger partial charge in [-0.2, -0.15) is 0 Å². The lowest BCUT2D eigenvalue weighted by molar-refractivity contribution is 0.602. The molecule has 0 radical (unpaired) electrons. The normalized spacial score (nSPS) is 10.4. The summed E-state index contributed by atoms with van der Waals surface area (Å²) in [6, 6.07) is 12.5. The summed E-state index contributed by atoms with van der Waals surface area (Å²) >= 11 is 1.39. The van der Waals surface area contributed by atoms with E-state index in [1.54, 1.807) is 12.1 Å². The summed E-state index contributed by atoms with van der Waals surface area (Å²) in [6.45, 7) is 1.97. The van der Waals surface area contributed by atoms with Crippen LogP contribution >= 0.6 is 11.8 Å². The molecule has 16 heavy (non-hydrogen) atoms. The van der Waals surface area contributed by atoms with Crippen molar-refractivity contribution in [3.8, 4) is 0 Å². The van der Waals surface area contributed by atoms with Crippen LogP contribution < -0.4 is 5.73 Å². The Bertz CT molecular complexity index is 491. The van der Waals surface area contributed by atoms with Crippen molar-refractivity contribution in [2.75, 3.05) is 5.73 Å². The highest BCUT2D eigenvalue weighted by atomic mass is 32.2. The fourth-order valence-electron chi connectivity index (χ4n) is 1.49. The Hall–Kier alpha value is -1.48. The highest BCUT2D eigenvalue weighted by Crippen LogP contribution is 2.31. The van der Waals surface area contributed by atoms with Gasteiger partial charge in [-0.15, -0.1) is 0 Å². The zero-order valence-corrected chi connectivity index (χ0v) is 9.72. The van der Waals surface area contributed by atoms with Crippen LogP contribution in [0.25, 0.3) is 0 Å². The number of aryl methyl sites for hydroxylation is 1. The van der Waals surface area contributed by atoms with E-state index in [0.29, 0.717) is 10.6 Å². The Kier molecular flexibility index (Phi) is 3.15. The molecule has 0 aliphatic heterocycles. The molecule has 0 aliphatic rings. The molecule has 0 spiro atoms. The van der Waals surface area contributed by atoms with Crippen molar-refractivity contribution < 1.29 is 4.39 Å². The molecule has 2 aromatic carbocycles. The van der Waals surface area contributed by atoms with Gasteiger partial charge in [0.05, 0.1) is 0 Å². The van der Waals surface area contributed by atoms with Gasteiger partial charge in [0.2, 0.25) is 0 Å². The Balaban J connectivity index is 2.30. The summed E-state index contributed by atoms with van der Waals surface area (Å²) < 4.78 is 13.4. The molecular formula is C13H12FNS. The lowest BCUT2D eigenvalue weighted by Crippen LogP contribution is -1.87. The molecule has 1 nitrogen and oxygen atoms in total. The van der Waals surface area contributed by atoms with Crippen molar-refractivity contribution in [2.45, 2.75) is 16.7 Å². The quantitative estimate of drug-likeness (QED) is 0.797. The molecule has 0 fully saturated rings. The van der Waals surface area contributed by atoms with Crippen molar-refractivity contribution in [1.29, 1.82) is 0 Å². The number of benzene rings is 2. The third-order valence-corrected chi connectivity index (χ3v) is 3.16. The lowest BCUT2D eigenvalue weighted by atomic mass is 10.2. The Morgan fingerprint density at radius 1 is 1.12 bits per heavy atom. The highest BCUT2D eigenvalue weighted by Gasteiger charge is 2.04. The van der Waals surface area contributed by atoms with Crippen molar-refractivity contribution in [1.82, 2.24) is 0 Å². The third kappa shape index (κ3) is 2.55. The van der Waals surface area contributed by atoms with E-state index in [2.05, 4.69) is 0 Å². The Labute approximate surface area is 98.5 Å². The van der Waals surface area contributed by atoms with Gasteiger partial charge in [-0.1, -0.05) is 23.9 Å². The van der Waals surface area contributed by atoms with Gasteiger partial charge in [0.15, 0.2) is 0 Å². The number of nitrogen functional groups attached to an aromatic ring is 1. The molecule has 2 N–H and O–H groups in total. The number of hydrogen-bond acceptors (Lipinski definition) is 2. The minimum Gasteiger partial charge on any atom is -0.399 e. The molecule has 0 saturated carbocycles. The van der Waals surface area contributed by atoms with E-state index in [0.717, 1.165) is 10.5 Å². The fourth-order valence-corrected chi connectivity index (χ4v) is 2.50. The maximum Gasteiger partial charge on any atom is 0.137 e. The molecule has 0 heterocycles. The summed E-state index contributed by atoms with van der Waals surface area (Å²) in [6.07, 6.45) is 0. The van der Waals surface area contributed by atoms with Crippen molar-refractivity contribution in [3.63, 3.8) is 0 Å². The molecule has 2 rings (SSSR count). The van der Waals surface area contributed by atoms with Crippen LogP contribution in [0.1, 0.15) is 5.56 Å². The maximum atomic E-state index is 13.4. The first-order chi connectivity index (χ1) is 7.65. The van der Waals surface area contributed by atoms with Gasteiger partial charge in [0.25, 0.3) is 0 Å². The second-order valence-corrected chi connectivity index (χ2v) is 4.73. The zero-order chi connectivity index (χ0) is 11.5. The first-order valence-corrected chi connectivity index (χ1v) is 5.76. The minimum absolute atomic E-state index is 0.201. The van der Waals surface area contributed by atoms with Gasteiger partial charge in [-0.25, -0.2) is 4.39 Å². The van der Waals surface area contributed by atoms with Crippen LogP contribution in [0.4, 0.5) is 10.1 Å². The highest BCUT2D eigenvalue weighted by molar-refractivity contribution is 7.99. The number of halogens is 1. The largest absolute Gasteiger partial charge is 0.399 e. The summed E-state index contributed by atoms with van der Waals surface area (Å²) in [4.78, 5) is 1.58. The van der Waals surface area contributed by atoms with Crippen molar-refractivity contribution in [3.05, 3.63) is 53.8 Å². The molecule has 0 amide bonds. The van der Waals surface area contributed by atoms with E-state index in [-0.39, 0.29) is 5.82 Å². The summed E-state index contributed by atoms with van der Waals surface area (Å²) in [7, 11) is 0. The molecule has 2 aromatic rings. The van der Waals surface area contributed by atoms with Gasteiger partial charge in [0, 0.05) is 15.5 Å². The van der Waals surface area contributed by atoms with Crippen LogP contribution in [-0.4, -0.2) is 0 Å². The first kappa shape index (κ1) is 11.0. The van der Waals surface area contributed by atoms with Crippen molar-refractivity contribution >= 4 is 17.4 Å². The van der Waals surface area contributed by atoms with Crippen LogP contribution in [0.3, 0.4) is 0 Å². The first-order valence-electron chi connectivity index (χ1n) is 4.95. The monoisotopic (exact) mass is 233 g/mol. The second-order valence-electron chi connectivity index (χ2n) is 3.61. The van der Waals surface area contributed by atoms with E-state index in [4.69, 9.17) is 5.73 Å². The minimum atomic E-state index is -0.201. The molecule has 0 aromatic heterocycles. The SMILES string of the molecule is Cc1cc(N)cc(Sc2ccccc2F)c1. The van der Waals surface area contributed by atoms with E-state index in [1.165, 1.54) is 17.8 Å². The smallest absolute Gasteiger partial charge is 0.137 e. The Morgan fingerprint density at radius 3 is 2.56 bits per heavy atom. The predicted octanol–water partition coefficient (Wildman–Crippen LogP) is 3.87. The maximum absolute atomic E-state index is 13.4. The van der Waals surface area contributed by atoms with E-state index in [1.807, 2.05) is 31.2 Å². The van der Waals surface area contributed by atoms with Gasteiger partial charge < -0.3 is 5.73 Å². The van der Waals surface area contributed by atoms with Crippen LogP contribution in [0.2, 0.25) is 0 Å². The lowest BCUT2D eigenvalue weighted by Gasteiger charge is -2.05. The molecule has 0 bridgehead atoms. The van der Waals surface area contributed by atoms with E-state index in [9.17, 15) is 4.39 Å². The molecule has 82 valence electrons. The molecule has 0 atom stereocenters. The van der Waals surface area contributed by atoms with Gasteiger partial charge >= 0.3 is 0 Å². The average molecular weight is 233 g/mol. The third-order valence-electron chi connectivity index (χ3n) is 2.14. The van der Waals surface area contributed by atoms with Crippen LogP contribution in [0.5, 0.6) is 0 Å². The van der Waals surface area contributed by atoms with E-state index >= 15 is 0 Å². The summed E-state index contributed by atoms with van der Waals surface area (Å²) in [5.74, 6) is -0.201. The summed E-state index contributed by atoms with van der Waals surface area (Å²) in [5.41, 5.74) is 7.53.